The third-order valence-electron chi connectivity index (χ3n) is 2.76. The first kappa shape index (κ1) is 15.4. The van der Waals surface area contributed by atoms with Crippen LogP contribution < -0.4 is 5.73 Å². The summed E-state index contributed by atoms with van der Waals surface area (Å²) >= 11 is 0. The summed E-state index contributed by atoms with van der Waals surface area (Å²) in [4.78, 5) is 13.6. The van der Waals surface area contributed by atoms with Crippen molar-refractivity contribution in [1.82, 2.24) is 4.90 Å². The smallest absolute Gasteiger partial charge is 0.260 e. The van der Waals surface area contributed by atoms with E-state index in [0.29, 0.717) is 0 Å². The van der Waals surface area contributed by atoms with Gasteiger partial charge in [0.2, 0.25) is 0 Å². The van der Waals surface area contributed by atoms with Gasteiger partial charge in [0.15, 0.2) is 5.82 Å². The van der Waals surface area contributed by atoms with E-state index < -0.39 is 23.1 Å². The molecule has 1 rings (SSSR count). The molecule has 0 aliphatic heterocycles. The zero-order chi connectivity index (χ0) is 14.6. The van der Waals surface area contributed by atoms with E-state index >= 15 is 0 Å². The van der Waals surface area contributed by atoms with Crippen LogP contribution in [0.1, 0.15) is 24.2 Å². The molecule has 1 aromatic carbocycles. The quantitative estimate of drug-likeness (QED) is 0.835. The third kappa shape index (κ3) is 3.41. The number of benzene rings is 1. The third-order valence-corrected chi connectivity index (χ3v) is 2.76. The van der Waals surface area contributed by atoms with Crippen molar-refractivity contribution in [3.63, 3.8) is 0 Å². The van der Waals surface area contributed by atoms with Crippen molar-refractivity contribution in [1.29, 1.82) is 0 Å². The van der Waals surface area contributed by atoms with Gasteiger partial charge >= 0.3 is 0 Å². The molecule has 1 aromatic rings. The fourth-order valence-electron chi connectivity index (χ4n) is 1.69. The summed E-state index contributed by atoms with van der Waals surface area (Å²) in [5, 5.41) is 0. The van der Waals surface area contributed by atoms with Gasteiger partial charge < -0.3 is 15.4 Å². The Hall–Kier alpha value is -1.69. The summed E-state index contributed by atoms with van der Waals surface area (Å²) in [7, 11) is 1.49. The minimum Gasteiger partial charge on any atom is -0.396 e. The highest BCUT2D eigenvalue weighted by atomic mass is 19.1. The summed E-state index contributed by atoms with van der Waals surface area (Å²) in [6.07, 6.45) is 0. The molecule has 19 heavy (non-hydrogen) atoms. The highest BCUT2D eigenvalue weighted by Gasteiger charge is 2.26. The van der Waals surface area contributed by atoms with Crippen LogP contribution in [0.15, 0.2) is 12.1 Å². The van der Waals surface area contributed by atoms with Crippen molar-refractivity contribution in [2.75, 3.05) is 26.0 Å². The Balaban J connectivity index is 3.13. The van der Waals surface area contributed by atoms with Gasteiger partial charge in [0, 0.05) is 19.7 Å². The standard InChI is InChI=1S/C13H18F2N2O2/c1-8(2)17(6-7-19-3)13(18)11-9(14)4-5-10(16)12(11)15/h4-5,8H,6-7,16H2,1-3H3. The molecule has 0 saturated heterocycles. The second-order valence-corrected chi connectivity index (χ2v) is 4.41. The fraction of sp³-hybridized carbons (Fsp3) is 0.462. The Kier molecular flexibility index (Phi) is 5.23. The van der Waals surface area contributed by atoms with E-state index in [9.17, 15) is 13.6 Å². The van der Waals surface area contributed by atoms with Gasteiger partial charge in [0.25, 0.3) is 5.91 Å². The average molecular weight is 272 g/mol. The molecule has 0 fully saturated rings. The van der Waals surface area contributed by atoms with Crippen LogP contribution in [0.2, 0.25) is 0 Å². The Bertz CT molecular complexity index is 464. The summed E-state index contributed by atoms with van der Waals surface area (Å²) < 4.78 is 32.4. The Morgan fingerprint density at radius 3 is 2.58 bits per heavy atom. The van der Waals surface area contributed by atoms with Crippen molar-refractivity contribution in [2.45, 2.75) is 19.9 Å². The predicted molar refractivity (Wildman–Crippen MR) is 68.8 cm³/mol. The number of nitrogens with zero attached hydrogens (tertiary/aromatic N) is 1. The molecule has 0 spiro atoms. The van der Waals surface area contributed by atoms with E-state index in [1.54, 1.807) is 13.8 Å². The summed E-state index contributed by atoms with van der Waals surface area (Å²) in [6, 6.07) is 1.87. The lowest BCUT2D eigenvalue weighted by molar-refractivity contribution is 0.0625. The molecule has 0 heterocycles. The van der Waals surface area contributed by atoms with Crippen LogP contribution >= 0.6 is 0 Å². The van der Waals surface area contributed by atoms with E-state index in [4.69, 9.17) is 10.5 Å². The van der Waals surface area contributed by atoms with E-state index in [1.165, 1.54) is 12.0 Å². The Morgan fingerprint density at radius 2 is 2.05 bits per heavy atom. The van der Waals surface area contributed by atoms with Crippen LogP contribution in [0, 0.1) is 11.6 Å². The highest BCUT2D eigenvalue weighted by Crippen LogP contribution is 2.21. The van der Waals surface area contributed by atoms with Gasteiger partial charge in [-0.25, -0.2) is 8.78 Å². The molecular formula is C13H18F2N2O2. The lowest BCUT2D eigenvalue weighted by atomic mass is 10.1. The zero-order valence-electron chi connectivity index (χ0n) is 11.2. The number of hydrogen-bond donors (Lipinski definition) is 1. The SMILES string of the molecule is COCCN(C(=O)c1c(F)ccc(N)c1F)C(C)C. The molecule has 0 aliphatic carbocycles. The molecule has 106 valence electrons. The summed E-state index contributed by atoms with van der Waals surface area (Å²) in [5.74, 6) is -2.66. The van der Waals surface area contributed by atoms with Gasteiger partial charge in [-0.3, -0.25) is 4.79 Å². The van der Waals surface area contributed by atoms with Gasteiger partial charge in [-0.15, -0.1) is 0 Å². The number of methoxy groups -OCH3 is 1. The van der Waals surface area contributed by atoms with E-state index in [1.807, 2.05) is 0 Å². The normalized spacial score (nSPS) is 10.8. The van der Waals surface area contributed by atoms with E-state index in [-0.39, 0.29) is 24.9 Å². The van der Waals surface area contributed by atoms with Crippen molar-refractivity contribution >= 4 is 11.6 Å². The molecule has 0 aromatic heterocycles. The number of carbonyl (C=O) groups is 1. The topological polar surface area (TPSA) is 55.6 Å². The molecule has 0 bridgehead atoms. The Labute approximate surface area is 111 Å². The summed E-state index contributed by atoms with van der Waals surface area (Å²) in [6.45, 7) is 4.06. The number of hydrogen-bond acceptors (Lipinski definition) is 3. The maximum absolute atomic E-state index is 13.8. The molecule has 0 atom stereocenters. The minimum absolute atomic E-state index is 0.206. The monoisotopic (exact) mass is 272 g/mol. The first-order valence-electron chi connectivity index (χ1n) is 5.93. The van der Waals surface area contributed by atoms with Crippen LogP contribution in [-0.4, -0.2) is 37.1 Å². The van der Waals surface area contributed by atoms with Crippen molar-refractivity contribution in [3.8, 4) is 0 Å². The summed E-state index contributed by atoms with van der Waals surface area (Å²) in [5.41, 5.74) is 4.50. The van der Waals surface area contributed by atoms with Gasteiger partial charge in [0.1, 0.15) is 11.4 Å². The zero-order valence-corrected chi connectivity index (χ0v) is 11.2. The number of anilines is 1. The van der Waals surface area contributed by atoms with Crippen LogP contribution in [-0.2, 0) is 4.74 Å². The maximum atomic E-state index is 13.8. The number of amides is 1. The van der Waals surface area contributed by atoms with E-state index in [2.05, 4.69) is 0 Å². The molecule has 0 aliphatic rings. The largest absolute Gasteiger partial charge is 0.396 e. The average Bonchev–Trinajstić information content (AvgIpc) is 2.34. The molecule has 0 saturated carbocycles. The first-order valence-corrected chi connectivity index (χ1v) is 5.93. The van der Waals surface area contributed by atoms with Gasteiger partial charge in [-0.1, -0.05) is 0 Å². The lowest BCUT2D eigenvalue weighted by Crippen LogP contribution is -2.40. The number of nitrogens with two attached hydrogens (primary N) is 1. The molecule has 2 N–H and O–H groups in total. The van der Waals surface area contributed by atoms with Crippen LogP contribution in [0.4, 0.5) is 14.5 Å². The molecule has 6 heteroatoms. The van der Waals surface area contributed by atoms with Gasteiger partial charge in [-0.2, -0.15) is 0 Å². The molecule has 0 unspecified atom stereocenters. The number of halogens is 2. The number of carbonyl (C=O) groups excluding carboxylic acids is 1. The minimum atomic E-state index is -1.02. The van der Waals surface area contributed by atoms with Crippen LogP contribution in [0.5, 0.6) is 0 Å². The Morgan fingerprint density at radius 1 is 1.42 bits per heavy atom. The maximum Gasteiger partial charge on any atom is 0.260 e. The van der Waals surface area contributed by atoms with Gasteiger partial charge in [0.05, 0.1) is 12.3 Å². The van der Waals surface area contributed by atoms with Crippen molar-refractivity contribution < 1.29 is 18.3 Å². The molecule has 4 nitrogen and oxygen atoms in total. The van der Waals surface area contributed by atoms with Crippen LogP contribution in [0.3, 0.4) is 0 Å². The second-order valence-electron chi connectivity index (χ2n) is 4.41. The second kappa shape index (κ2) is 6.47. The number of nitrogen functional groups attached to an aromatic ring is 1. The first-order chi connectivity index (χ1) is 8.90. The predicted octanol–water partition coefficient (Wildman–Crippen LogP) is 2.04. The molecular weight excluding hydrogens is 254 g/mol. The number of ether oxygens (including phenoxy) is 1. The van der Waals surface area contributed by atoms with Crippen molar-refractivity contribution in [3.05, 3.63) is 29.3 Å². The fourth-order valence-corrected chi connectivity index (χ4v) is 1.69. The number of rotatable bonds is 5. The molecule has 1 amide bonds. The molecule has 0 radical (unpaired) electrons. The van der Waals surface area contributed by atoms with Crippen LogP contribution in [0.25, 0.3) is 0 Å². The van der Waals surface area contributed by atoms with Gasteiger partial charge in [-0.05, 0) is 26.0 Å². The van der Waals surface area contributed by atoms with E-state index in [0.717, 1.165) is 12.1 Å². The lowest BCUT2D eigenvalue weighted by Gasteiger charge is -2.27. The van der Waals surface area contributed by atoms with Crippen molar-refractivity contribution in [2.24, 2.45) is 0 Å². The highest BCUT2D eigenvalue weighted by molar-refractivity contribution is 5.95.